The predicted molar refractivity (Wildman–Crippen MR) is 165 cm³/mol. The molecular weight excluding hydrogens is 564 g/mol. The second kappa shape index (κ2) is 12.0. The zero-order valence-electron chi connectivity index (χ0n) is 25.2. The van der Waals surface area contributed by atoms with Gasteiger partial charge in [0, 0.05) is 51.3 Å². The normalized spacial score (nSPS) is 15.0. The summed E-state index contributed by atoms with van der Waals surface area (Å²) in [5, 5.41) is 14.6. The Morgan fingerprint density at radius 3 is 2.55 bits per heavy atom. The lowest BCUT2D eigenvalue weighted by atomic mass is 9.91. The fourth-order valence-corrected chi connectivity index (χ4v) is 5.40. The third kappa shape index (κ3) is 6.51. The Morgan fingerprint density at radius 1 is 1.00 bits per heavy atom. The standard InChI is InChI=1S/C31H36N8O5/c1-31(2,3)16-26(40)36-11-4-12-37(14-13-36)30-34-28(32-17-22-7-10-24-25(15-22)44-20-43-24)27-29(35-30)38(19-33-27)18-21-5-8-23(9-6-21)39(41)42/h5-10,15,19H,4,11-14,16-18,20H2,1-3H3,(H,32,34,35). The van der Waals surface area contributed by atoms with Crippen LogP contribution < -0.4 is 19.7 Å². The van der Waals surface area contributed by atoms with Crippen LogP contribution in [0.25, 0.3) is 11.2 Å². The van der Waals surface area contributed by atoms with Crippen molar-refractivity contribution in [1.82, 2.24) is 24.4 Å². The van der Waals surface area contributed by atoms with Crippen molar-refractivity contribution in [1.29, 1.82) is 0 Å². The summed E-state index contributed by atoms with van der Waals surface area (Å²) in [6, 6.07) is 12.3. The molecule has 0 saturated carbocycles. The quantitative estimate of drug-likeness (QED) is 0.225. The molecule has 2 aromatic carbocycles. The molecule has 0 atom stereocenters. The Kier molecular flexibility index (Phi) is 7.93. The van der Waals surface area contributed by atoms with Gasteiger partial charge in [-0.3, -0.25) is 14.9 Å². The number of nitrogens with one attached hydrogen (secondary N) is 1. The molecule has 1 N–H and O–H groups in total. The first-order valence-corrected chi connectivity index (χ1v) is 14.7. The van der Waals surface area contributed by atoms with Crippen molar-refractivity contribution in [2.75, 3.05) is 43.2 Å². The van der Waals surface area contributed by atoms with E-state index in [1.165, 1.54) is 12.1 Å². The molecule has 1 fully saturated rings. The van der Waals surface area contributed by atoms with Crippen LogP contribution in [0, 0.1) is 15.5 Å². The average Bonchev–Trinajstić information content (AvgIpc) is 3.54. The van der Waals surface area contributed by atoms with Crippen molar-refractivity contribution in [3.05, 3.63) is 70.0 Å². The first-order chi connectivity index (χ1) is 21.1. The van der Waals surface area contributed by atoms with E-state index in [9.17, 15) is 14.9 Å². The lowest BCUT2D eigenvalue weighted by Crippen LogP contribution is -2.37. The van der Waals surface area contributed by atoms with Crippen molar-refractivity contribution in [2.24, 2.45) is 5.41 Å². The van der Waals surface area contributed by atoms with Gasteiger partial charge in [0.25, 0.3) is 5.69 Å². The first-order valence-electron chi connectivity index (χ1n) is 14.7. The largest absolute Gasteiger partial charge is 0.454 e. The molecule has 2 aromatic heterocycles. The minimum absolute atomic E-state index is 0.0417. The summed E-state index contributed by atoms with van der Waals surface area (Å²) in [6.45, 7) is 9.97. The van der Waals surface area contributed by atoms with E-state index in [-0.39, 0.29) is 23.8 Å². The number of imidazole rings is 1. The monoisotopic (exact) mass is 600 g/mol. The fourth-order valence-electron chi connectivity index (χ4n) is 5.40. The van der Waals surface area contributed by atoms with Crippen molar-refractivity contribution in [3.63, 3.8) is 0 Å². The summed E-state index contributed by atoms with van der Waals surface area (Å²) in [7, 11) is 0. The van der Waals surface area contributed by atoms with E-state index in [4.69, 9.17) is 19.4 Å². The van der Waals surface area contributed by atoms with E-state index in [0.29, 0.717) is 74.4 Å². The number of rotatable bonds is 8. The van der Waals surface area contributed by atoms with Crippen molar-refractivity contribution in [2.45, 2.75) is 46.7 Å². The van der Waals surface area contributed by atoms with Gasteiger partial charge in [0.05, 0.1) is 17.8 Å². The predicted octanol–water partition coefficient (Wildman–Crippen LogP) is 4.60. The Balaban J connectivity index is 1.28. The Bertz CT molecular complexity index is 1680. The van der Waals surface area contributed by atoms with Crippen LogP contribution in [0.15, 0.2) is 48.8 Å². The number of benzene rings is 2. The number of carbonyl (C=O) groups excluding carboxylic acids is 1. The zero-order valence-corrected chi connectivity index (χ0v) is 25.2. The maximum atomic E-state index is 13.0. The maximum absolute atomic E-state index is 13.0. The number of nitro benzene ring substituents is 1. The number of non-ortho nitro benzene ring substituents is 1. The lowest BCUT2D eigenvalue weighted by Gasteiger charge is -2.26. The number of nitrogens with zero attached hydrogens (tertiary/aromatic N) is 7. The highest BCUT2D eigenvalue weighted by Crippen LogP contribution is 2.33. The van der Waals surface area contributed by atoms with Crippen LogP contribution in [0.4, 0.5) is 17.5 Å². The molecule has 4 heterocycles. The van der Waals surface area contributed by atoms with E-state index in [1.807, 2.05) is 27.7 Å². The van der Waals surface area contributed by atoms with Gasteiger partial charge in [-0.2, -0.15) is 9.97 Å². The number of nitro groups is 1. The number of amides is 1. The molecule has 4 aromatic rings. The molecule has 1 amide bonds. The minimum Gasteiger partial charge on any atom is -0.454 e. The molecule has 13 heteroatoms. The summed E-state index contributed by atoms with van der Waals surface area (Å²) >= 11 is 0. The van der Waals surface area contributed by atoms with Gasteiger partial charge in [0.1, 0.15) is 0 Å². The summed E-state index contributed by atoms with van der Waals surface area (Å²) in [5.41, 5.74) is 3.11. The number of hydrogen-bond acceptors (Lipinski definition) is 10. The number of hydrogen-bond donors (Lipinski definition) is 1. The van der Waals surface area contributed by atoms with Gasteiger partial charge < -0.3 is 29.2 Å². The summed E-state index contributed by atoms with van der Waals surface area (Å²) < 4.78 is 12.9. The van der Waals surface area contributed by atoms with E-state index < -0.39 is 4.92 Å². The van der Waals surface area contributed by atoms with Gasteiger partial charge in [-0.15, -0.1) is 0 Å². The molecule has 2 aliphatic heterocycles. The van der Waals surface area contributed by atoms with E-state index in [0.717, 1.165) is 23.3 Å². The molecule has 44 heavy (non-hydrogen) atoms. The second-order valence-corrected chi connectivity index (χ2v) is 12.3. The Hall–Kier alpha value is -4.94. The van der Waals surface area contributed by atoms with Gasteiger partial charge in [-0.05, 0) is 35.1 Å². The van der Waals surface area contributed by atoms with Crippen molar-refractivity contribution in [3.8, 4) is 11.5 Å². The van der Waals surface area contributed by atoms with Gasteiger partial charge >= 0.3 is 0 Å². The van der Waals surface area contributed by atoms with Crippen LogP contribution >= 0.6 is 0 Å². The highest BCUT2D eigenvalue weighted by atomic mass is 16.7. The smallest absolute Gasteiger partial charge is 0.269 e. The van der Waals surface area contributed by atoms with Crippen LogP contribution in [0.2, 0.25) is 0 Å². The summed E-state index contributed by atoms with van der Waals surface area (Å²) in [5.74, 6) is 2.75. The minimum atomic E-state index is -0.410. The molecule has 0 bridgehead atoms. The number of anilines is 2. The molecule has 2 aliphatic rings. The van der Waals surface area contributed by atoms with Gasteiger partial charge in [0.2, 0.25) is 18.6 Å². The number of aromatic nitrogens is 4. The van der Waals surface area contributed by atoms with E-state index >= 15 is 0 Å². The molecule has 230 valence electrons. The fraction of sp³-hybridized carbons (Fsp3) is 0.419. The molecule has 13 nitrogen and oxygen atoms in total. The molecule has 0 unspecified atom stereocenters. The van der Waals surface area contributed by atoms with Gasteiger partial charge in [-0.1, -0.05) is 39.0 Å². The molecular formula is C31H36N8O5. The summed E-state index contributed by atoms with van der Waals surface area (Å²) in [4.78, 5) is 42.3. The topological polar surface area (TPSA) is 141 Å². The molecule has 1 saturated heterocycles. The van der Waals surface area contributed by atoms with E-state index in [1.54, 1.807) is 18.5 Å². The van der Waals surface area contributed by atoms with Gasteiger partial charge in [-0.25, -0.2) is 4.98 Å². The first kappa shape index (κ1) is 29.1. The number of ether oxygens (including phenoxy) is 2. The Morgan fingerprint density at radius 2 is 1.77 bits per heavy atom. The van der Waals surface area contributed by atoms with Crippen LogP contribution in [0.3, 0.4) is 0 Å². The second-order valence-electron chi connectivity index (χ2n) is 12.3. The number of carbonyl (C=O) groups is 1. The lowest BCUT2D eigenvalue weighted by molar-refractivity contribution is -0.384. The van der Waals surface area contributed by atoms with E-state index in [2.05, 4.69) is 36.0 Å². The van der Waals surface area contributed by atoms with Gasteiger partial charge in [0.15, 0.2) is 28.5 Å². The highest BCUT2D eigenvalue weighted by Gasteiger charge is 2.25. The maximum Gasteiger partial charge on any atom is 0.269 e. The highest BCUT2D eigenvalue weighted by molar-refractivity contribution is 5.84. The number of fused-ring (bicyclic) bond motifs is 2. The van der Waals surface area contributed by atoms with Crippen molar-refractivity contribution >= 4 is 34.5 Å². The Labute approximate surface area is 255 Å². The van der Waals surface area contributed by atoms with Crippen molar-refractivity contribution < 1.29 is 19.2 Å². The average molecular weight is 601 g/mol. The zero-order chi connectivity index (χ0) is 30.8. The SMILES string of the molecule is CC(C)(C)CC(=O)N1CCCN(c2nc(NCc3ccc4c(c3)OCO4)c3ncn(Cc4ccc([N+](=O)[O-])cc4)c3n2)CC1. The van der Waals surface area contributed by atoms with Crippen LogP contribution in [-0.4, -0.2) is 68.2 Å². The van der Waals surface area contributed by atoms with Crippen LogP contribution in [0.1, 0.15) is 44.7 Å². The molecule has 6 rings (SSSR count). The third-order valence-electron chi connectivity index (χ3n) is 7.66. The molecule has 0 spiro atoms. The summed E-state index contributed by atoms with van der Waals surface area (Å²) in [6.07, 6.45) is 3.02. The molecule has 0 radical (unpaired) electrons. The third-order valence-corrected chi connectivity index (χ3v) is 7.66. The molecule has 0 aliphatic carbocycles. The van der Waals surface area contributed by atoms with Crippen LogP contribution in [-0.2, 0) is 17.9 Å². The van der Waals surface area contributed by atoms with Crippen LogP contribution in [0.5, 0.6) is 11.5 Å².